The maximum atomic E-state index is 13.2. The Hall–Kier alpha value is -4.41. The fourth-order valence-electron chi connectivity index (χ4n) is 3.26. The first-order chi connectivity index (χ1) is 14.2. The van der Waals surface area contributed by atoms with Gasteiger partial charge in [0.2, 0.25) is 0 Å². The summed E-state index contributed by atoms with van der Waals surface area (Å²) in [5, 5.41) is 23.9. The fraction of sp³-hybridized carbons (Fsp3) is 0.0556. The number of carbonyl (C=O) groups is 2. The maximum Gasteiger partial charge on any atom is 0.266 e. The second kappa shape index (κ2) is 6.34. The molecule has 0 unspecified atom stereocenters. The van der Waals surface area contributed by atoms with Crippen LogP contribution in [0.15, 0.2) is 42.6 Å². The van der Waals surface area contributed by atoms with Crippen molar-refractivity contribution in [3.8, 4) is 28.4 Å². The van der Waals surface area contributed by atoms with E-state index in [1.54, 1.807) is 42.6 Å². The number of nitrogens with zero attached hydrogens (tertiary/aromatic N) is 6. The second-order valence-corrected chi connectivity index (χ2v) is 6.20. The Morgan fingerprint density at radius 3 is 2.48 bits per heavy atom. The number of imide groups is 1. The van der Waals surface area contributed by atoms with Gasteiger partial charge in [-0.05, 0) is 34.7 Å². The van der Waals surface area contributed by atoms with Crippen LogP contribution in [-0.4, -0.2) is 55.0 Å². The standard InChI is InChI=1S/C18H12N8O3/c1-29-10-3-5-12(16-21-24-25-22-16)15(7-10)26-17(27)11-4-2-9(6-13(11)18(26)28)14-8-19-23-20-14/h2-8H,1H3,(H,19,20,23)(H,21,22,24,25). The zero-order valence-corrected chi connectivity index (χ0v) is 14.9. The molecular formula is C18H12N8O3. The van der Waals surface area contributed by atoms with E-state index in [1.807, 2.05) is 0 Å². The third-order valence-electron chi connectivity index (χ3n) is 4.65. The predicted molar refractivity (Wildman–Crippen MR) is 99.1 cm³/mol. The van der Waals surface area contributed by atoms with Crippen molar-refractivity contribution in [2.24, 2.45) is 0 Å². The Bertz CT molecular complexity index is 1230. The van der Waals surface area contributed by atoms with E-state index in [1.165, 1.54) is 7.11 Å². The molecule has 2 aromatic carbocycles. The third-order valence-corrected chi connectivity index (χ3v) is 4.65. The molecule has 142 valence electrons. The molecular weight excluding hydrogens is 376 g/mol. The first-order valence-electron chi connectivity index (χ1n) is 8.49. The van der Waals surface area contributed by atoms with E-state index in [0.717, 1.165) is 4.90 Å². The van der Waals surface area contributed by atoms with Crippen molar-refractivity contribution < 1.29 is 14.3 Å². The van der Waals surface area contributed by atoms with Crippen molar-refractivity contribution in [3.63, 3.8) is 0 Å². The zero-order chi connectivity index (χ0) is 20.0. The minimum atomic E-state index is -0.461. The average molecular weight is 388 g/mol. The number of tetrazole rings is 1. The van der Waals surface area contributed by atoms with Gasteiger partial charge in [-0.2, -0.15) is 0 Å². The number of aromatic amines is 2. The lowest BCUT2D eigenvalue weighted by molar-refractivity contribution is 0.0926. The molecule has 1 aliphatic heterocycles. The van der Waals surface area contributed by atoms with Crippen molar-refractivity contribution >= 4 is 17.5 Å². The molecule has 0 atom stereocenters. The van der Waals surface area contributed by atoms with Crippen LogP contribution in [0, 0.1) is 0 Å². The average Bonchev–Trinajstić information content (AvgIpc) is 3.50. The maximum absolute atomic E-state index is 13.2. The van der Waals surface area contributed by atoms with Crippen LogP contribution < -0.4 is 9.64 Å². The number of benzene rings is 2. The van der Waals surface area contributed by atoms with Crippen molar-refractivity contribution in [3.05, 3.63) is 53.7 Å². The van der Waals surface area contributed by atoms with Gasteiger partial charge in [-0.25, -0.2) is 10.00 Å². The number of hydrogen-bond acceptors (Lipinski definition) is 8. The lowest BCUT2D eigenvalue weighted by Gasteiger charge is -2.18. The number of aromatic nitrogens is 7. The van der Waals surface area contributed by atoms with Crippen LogP contribution in [0.4, 0.5) is 5.69 Å². The van der Waals surface area contributed by atoms with Gasteiger partial charge in [-0.15, -0.1) is 10.2 Å². The molecule has 0 bridgehead atoms. The largest absolute Gasteiger partial charge is 0.497 e. The number of ether oxygens (including phenoxy) is 1. The van der Waals surface area contributed by atoms with E-state index in [9.17, 15) is 9.59 Å². The fourth-order valence-corrected chi connectivity index (χ4v) is 3.26. The van der Waals surface area contributed by atoms with Gasteiger partial charge in [0, 0.05) is 23.4 Å². The van der Waals surface area contributed by atoms with Gasteiger partial charge in [0.25, 0.3) is 11.8 Å². The van der Waals surface area contributed by atoms with Crippen LogP contribution in [0.5, 0.6) is 5.75 Å². The number of methoxy groups -OCH3 is 1. The SMILES string of the molecule is COc1ccc(-c2nnn[nH]2)c(N2C(=O)c3ccc(-c4c[nH]nn4)cc3C2=O)c1. The van der Waals surface area contributed by atoms with Gasteiger partial charge in [0.1, 0.15) is 11.4 Å². The molecule has 0 saturated heterocycles. The van der Waals surface area contributed by atoms with Crippen molar-refractivity contribution in [1.82, 2.24) is 36.0 Å². The summed E-state index contributed by atoms with van der Waals surface area (Å²) in [5.74, 6) is -0.102. The van der Waals surface area contributed by atoms with Crippen LogP contribution >= 0.6 is 0 Å². The highest BCUT2D eigenvalue weighted by atomic mass is 16.5. The van der Waals surface area contributed by atoms with Crippen LogP contribution in [-0.2, 0) is 0 Å². The Morgan fingerprint density at radius 1 is 0.931 bits per heavy atom. The van der Waals surface area contributed by atoms with E-state index < -0.39 is 11.8 Å². The summed E-state index contributed by atoms with van der Waals surface area (Å²) in [6, 6.07) is 9.93. The molecule has 0 spiro atoms. The number of amides is 2. The first kappa shape index (κ1) is 16.7. The summed E-state index contributed by atoms with van der Waals surface area (Å²) in [7, 11) is 1.50. The number of fused-ring (bicyclic) bond motifs is 1. The quantitative estimate of drug-likeness (QED) is 0.500. The summed E-state index contributed by atoms with van der Waals surface area (Å²) in [6.07, 6.45) is 1.61. The molecule has 0 fully saturated rings. The third kappa shape index (κ3) is 2.56. The number of carbonyl (C=O) groups excluding carboxylic acids is 2. The topological polar surface area (TPSA) is 143 Å². The number of nitrogens with one attached hydrogen (secondary N) is 2. The van der Waals surface area contributed by atoms with Crippen LogP contribution in [0.2, 0.25) is 0 Å². The van der Waals surface area contributed by atoms with Crippen molar-refractivity contribution in [2.45, 2.75) is 0 Å². The summed E-state index contributed by atoms with van der Waals surface area (Å²) >= 11 is 0. The molecule has 2 amide bonds. The normalized spacial score (nSPS) is 13.1. The predicted octanol–water partition coefficient (Wildman–Crippen LogP) is 1.46. The first-order valence-corrected chi connectivity index (χ1v) is 8.49. The smallest absolute Gasteiger partial charge is 0.266 e. The minimum absolute atomic E-state index is 0.278. The Morgan fingerprint density at radius 2 is 1.76 bits per heavy atom. The molecule has 0 aliphatic carbocycles. The van der Waals surface area contributed by atoms with E-state index in [4.69, 9.17) is 4.74 Å². The van der Waals surface area contributed by atoms with Gasteiger partial charge in [-0.1, -0.05) is 11.3 Å². The molecule has 0 radical (unpaired) electrons. The number of H-pyrrole nitrogens is 2. The highest BCUT2D eigenvalue weighted by molar-refractivity contribution is 6.35. The van der Waals surface area contributed by atoms with E-state index >= 15 is 0 Å². The number of hydrogen-bond donors (Lipinski definition) is 2. The number of anilines is 1. The molecule has 11 heteroatoms. The van der Waals surface area contributed by atoms with Gasteiger partial charge in [0.15, 0.2) is 5.82 Å². The zero-order valence-electron chi connectivity index (χ0n) is 14.9. The molecule has 11 nitrogen and oxygen atoms in total. The van der Waals surface area contributed by atoms with E-state index in [2.05, 4.69) is 36.0 Å². The molecule has 3 heterocycles. The Kier molecular flexibility index (Phi) is 3.66. The summed E-state index contributed by atoms with van der Waals surface area (Å²) in [5.41, 5.74) is 2.62. The summed E-state index contributed by atoms with van der Waals surface area (Å²) < 4.78 is 5.27. The van der Waals surface area contributed by atoms with Gasteiger partial charge in [0.05, 0.1) is 23.9 Å². The minimum Gasteiger partial charge on any atom is -0.497 e. The van der Waals surface area contributed by atoms with Crippen molar-refractivity contribution in [2.75, 3.05) is 12.0 Å². The monoisotopic (exact) mass is 388 g/mol. The van der Waals surface area contributed by atoms with Gasteiger partial charge >= 0.3 is 0 Å². The highest BCUT2D eigenvalue weighted by Gasteiger charge is 2.38. The number of rotatable bonds is 4. The van der Waals surface area contributed by atoms with Gasteiger partial charge in [-0.3, -0.25) is 14.7 Å². The molecule has 1 aliphatic rings. The molecule has 2 N–H and O–H groups in total. The van der Waals surface area contributed by atoms with Crippen LogP contribution in [0.3, 0.4) is 0 Å². The van der Waals surface area contributed by atoms with Crippen LogP contribution in [0.1, 0.15) is 20.7 Å². The Labute approximate surface area is 162 Å². The van der Waals surface area contributed by atoms with Gasteiger partial charge < -0.3 is 4.74 Å². The highest BCUT2D eigenvalue weighted by Crippen LogP contribution is 2.37. The van der Waals surface area contributed by atoms with E-state index in [-0.39, 0.29) is 5.56 Å². The molecule has 29 heavy (non-hydrogen) atoms. The second-order valence-electron chi connectivity index (χ2n) is 6.20. The molecule has 5 rings (SSSR count). The van der Waals surface area contributed by atoms with E-state index in [0.29, 0.717) is 39.6 Å². The molecule has 4 aromatic rings. The lowest BCUT2D eigenvalue weighted by atomic mass is 10.0. The summed E-state index contributed by atoms with van der Waals surface area (Å²) in [6.45, 7) is 0. The molecule has 2 aromatic heterocycles. The lowest BCUT2D eigenvalue weighted by Crippen LogP contribution is -2.30. The van der Waals surface area contributed by atoms with Crippen molar-refractivity contribution in [1.29, 1.82) is 0 Å². The summed E-state index contributed by atoms with van der Waals surface area (Å²) in [4.78, 5) is 27.4. The molecule has 0 saturated carbocycles. The Balaban J connectivity index is 1.64. The van der Waals surface area contributed by atoms with Crippen LogP contribution in [0.25, 0.3) is 22.6 Å².